The SMILES string of the molecule is COc1ccc(CCNC(=O)NC2CC(C)(C)NC(C)(C)C2)cc1. The fraction of sp³-hybridized carbons (Fsp3) is 0.632. The molecule has 1 fully saturated rings. The highest BCUT2D eigenvalue weighted by Gasteiger charge is 2.38. The summed E-state index contributed by atoms with van der Waals surface area (Å²) in [6.45, 7) is 9.36. The molecule has 0 aromatic heterocycles. The number of piperidine rings is 1. The van der Waals surface area contributed by atoms with E-state index in [1.807, 2.05) is 24.3 Å². The van der Waals surface area contributed by atoms with Crippen LogP contribution < -0.4 is 20.7 Å². The van der Waals surface area contributed by atoms with Gasteiger partial charge in [0.2, 0.25) is 0 Å². The van der Waals surface area contributed by atoms with Crippen LogP contribution in [-0.4, -0.2) is 36.8 Å². The fourth-order valence-corrected chi connectivity index (χ4v) is 3.77. The maximum absolute atomic E-state index is 12.2. The topological polar surface area (TPSA) is 62.4 Å². The monoisotopic (exact) mass is 333 g/mol. The third-order valence-electron chi connectivity index (χ3n) is 4.38. The van der Waals surface area contributed by atoms with Gasteiger partial charge in [0, 0.05) is 23.7 Å². The van der Waals surface area contributed by atoms with Crippen molar-refractivity contribution in [3.8, 4) is 5.75 Å². The minimum atomic E-state index is -0.0815. The first-order valence-corrected chi connectivity index (χ1v) is 8.66. The van der Waals surface area contributed by atoms with Crippen LogP contribution in [0.2, 0.25) is 0 Å². The highest BCUT2D eigenvalue weighted by Crippen LogP contribution is 2.28. The Labute approximate surface area is 145 Å². The number of benzene rings is 1. The van der Waals surface area contributed by atoms with Crippen LogP contribution in [0.25, 0.3) is 0 Å². The summed E-state index contributed by atoms with van der Waals surface area (Å²) in [7, 11) is 1.66. The molecule has 1 aromatic rings. The lowest BCUT2D eigenvalue weighted by Crippen LogP contribution is -2.62. The average Bonchev–Trinajstić information content (AvgIpc) is 2.44. The molecule has 2 amide bonds. The third-order valence-corrected chi connectivity index (χ3v) is 4.38. The predicted molar refractivity (Wildman–Crippen MR) is 97.5 cm³/mol. The highest BCUT2D eigenvalue weighted by molar-refractivity contribution is 5.74. The van der Waals surface area contributed by atoms with Gasteiger partial charge in [-0.25, -0.2) is 4.79 Å². The van der Waals surface area contributed by atoms with E-state index in [1.165, 1.54) is 5.56 Å². The normalized spacial score (nSPS) is 19.5. The standard InChI is InChI=1S/C19H31N3O2/c1-18(2)12-15(13-19(3,4)22-18)21-17(23)20-11-10-14-6-8-16(24-5)9-7-14/h6-9,15,22H,10-13H2,1-5H3,(H2,20,21,23). The molecular formula is C19H31N3O2. The lowest BCUT2D eigenvalue weighted by atomic mass is 9.80. The van der Waals surface area contributed by atoms with E-state index >= 15 is 0 Å². The van der Waals surface area contributed by atoms with Crippen molar-refractivity contribution in [1.82, 2.24) is 16.0 Å². The number of nitrogens with one attached hydrogen (secondary N) is 3. The zero-order valence-electron chi connectivity index (χ0n) is 15.5. The molecule has 1 saturated heterocycles. The molecule has 0 spiro atoms. The largest absolute Gasteiger partial charge is 0.497 e. The first-order chi connectivity index (χ1) is 11.2. The lowest BCUT2D eigenvalue weighted by molar-refractivity contribution is 0.147. The maximum Gasteiger partial charge on any atom is 0.315 e. The van der Waals surface area contributed by atoms with Crippen molar-refractivity contribution < 1.29 is 9.53 Å². The van der Waals surface area contributed by atoms with Crippen LogP contribution in [0, 0.1) is 0 Å². The van der Waals surface area contributed by atoms with Crippen molar-refractivity contribution in [1.29, 1.82) is 0 Å². The van der Waals surface area contributed by atoms with E-state index < -0.39 is 0 Å². The number of hydrogen-bond acceptors (Lipinski definition) is 3. The van der Waals surface area contributed by atoms with Crippen molar-refractivity contribution >= 4 is 6.03 Å². The second-order valence-electron chi connectivity index (χ2n) is 8.00. The van der Waals surface area contributed by atoms with E-state index in [1.54, 1.807) is 7.11 Å². The number of carbonyl (C=O) groups is 1. The summed E-state index contributed by atoms with van der Waals surface area (Å²) in [6.07, 6.45) is 2.67. The molecule has 0 atom stereocenters. The Kier molecular flexibility index (Phi) is 5.75. The molecule has 5 nitrogen and oxygen atoms in total. The molecule has 134 valence electrons. The summed E-state index contributed by atoms with van der Waals surface area (Å²) < 4.78 is 5.15. The Morgan fingerprint density at radius 2 is 1.75 bits per heavy atom. The Bertz CT molecular complexity index is 536. The quantitative estimate of drug-likeness (QED) is 0.776. The van der Waals surface area contributed by atoms with Gasteiger partial charge in [0.15, 0.2) is 0 Å². The van der Waals surface area contributed by atoms with Crippen LogP contribution in [0.4, 0.5) is 4.79 Å². The van der Waals surface area contributed by atoms with E-state index in [0.29, 0.717) is 6.54 Å². The van der Waals surface area contributed by atoms with Crippen molar-refractivity contribution in [3.63, 3.8) is 0 Å². The molecule has 0 radical (unpaired) electrons. The van der Waals surface area contributed by atoms with Crippen LogP contribution >= 0.6 is 0 Å². The molecule has 1 aliphatic rings. The van der Waals surface area contributed by atoms with Crippen molar-refractivity contribution in [2.45, 2.75) is 64.1 Å². The van der Waals surface area contributed by atoms with Crippen molar-refractivity contribution in [3.05, 3.63) is 29.8 Å². The molecule has 24 heavy (non-hydrogen) atoms. The summed E-state index contributed by atoms with van der Waals surface area (Å²) >= 11 is 0. The van der Waals surface area contributed by atoms with E-state index in [-0.39, 0.29) is 23.2 Å². The van der Waals surface area contributed by atoms with Gasteiger partial charge >= 0.3 is 6.03 Å². The van der Waals surface area contributed by atoms with Gasteiger partial charge in [-0.15, -0.1) is 0 Å². The molecule has 0 bridgehead atoms. The van der Waals surface area contributed by atoms with Crippen LogP contribution in [-0.2, 0) is 6.42 Å². The van der Waals surface area contributed by atoms with E-state index in [2.05, 4.69) is 43.6 Å². The molecule has 3 N–H and O–H groups in total. The Hall–Kier alpha value is -1.75. The summed E-state index contributed by atoms with van der Waals surface area (Å²) in [5.41, 5.74) is 1.24. The van der Waals surface area contributed by atoms with Gasteiger partial charge in [0.25, 0.3) is 0 Å². The van der Waals surface area contributed by atoms with Crippen LogP contribution in [0.5, 0.6) is 5.75 Å². The second-order valence-corrected chi connectivity index (χ2v) is 8.00. The summed E-state index contributed by atoms with van der Waals surface area (Å²) in [5.74, 6) is 0.848. The Balaban J connectivity index is 1.76. The van der Waals surface area contributed by atoms with E-state index in [9.17, 15) is 4.79 Å². The van der Waals surface area contributed by atoms with E-state index in [0.717, 1.165) is 25.0 Å². The minimum Gasteiger partial charge on any atom is -0.497 e. The number of methoxy groups -OCH3 is 1. The first kappa shape index (κ1) is 18.6. The third kappa shape index (κ3) is 5.71. The molecule has 2 rings (SSSR count). The Morgan fingerprint density at radius 3 is 2.29 bits per heavy atom. The lowest BCUT2D eigenvalue weighted by Gasteiger charge is -2.46. The molecule has 0 aliphatic carbocycles. The van der Waals surface area contributed by atoms with Gasteiger partial charge in [-0.1, -0.05) is 12.1 Å². The molecule has 1 heterocycles. The van der Waals surface area contributed by atoms with Crippen LogP contribution in [0.15, 0.2) is 24.3 Å². The zero-order chi connectivity index (χ0) is 17.8. The van der Waals surface area contributed by atoms with Crippen LogP contribution in [0.3, 0.4) is 0 Å². The fourth-order valence-electron chi connectivity index (χ4n) is 3.77. The molecule has 0 saturated carbocycles. The number of hydrogen-bond donors (Lipinski definition) is 3. The number of urea groups is 1. The molecule has 1 aromatic carbocycles. The van der Waals surface area contributed by atoms with Gasteiger partial charge in [-0.3, -0.25) is 0 Å². The van der Waals surface area contributed by atoms with Gasteiger partial charge in [-0.05, 0) is 64.7 Å². The van der Waals surface area contributed by atoms with Crippen molar-refractivity contribution in [2.24, 2.45) is 0 Å². The minimum absolute atomic E-state index is 0.0305. The van der Waals surface area contributed by atoms with Gasteiger partial charge in [-0.2, -0.15) is 0 Å². The summed E-state index contributed by atoms with van der Waals surface area (Å²) in [4.78, 5) is 12.2. The molecular weight excluding hydrogens is 302 g/mol. The Morgan fingerprint density at radius 1 is 1.17 bits per heavy atom. The molecule has 5 heteroatoms. The van der Waals surface area contributed by atoms with Gasteiger partial charge < -0.3 is 20.7 Å². The average molecular weight is 333 g/mol. The first-order valence-electron chi connectivity index (χ1n) is 8.66. The number of amides is 2. The summed E-state index contributed by atoms with van der Waals surface area (Å²) in [5, 5.41) is 9.71. The number of carbonyl (C=O) groups excluding carboxylic acids is 1. The molecule has 1 aliphatic heterocycles. The number of rotatable bonds is 5. The van der Waals surface area contributed by atoms with Crippen molar-refractivity contribution in [2.75, 3.05) is 13.7 Å². The van der Waals surface area contributed by atoms with Crippen LogP contribution in [0.1, 0.15) is 46.1 Å². The highest BCUT2D eigenvalue weighted by atomic mass is 16.5. The number of ether oxygens (including phenoxy) is 1. The van der Waals surface area contributed by atoms with Gasteiger partial charge in [0.05, 0.1) is 7.11 Å². The van der Waals surface area contributed by atoms with E-state index in [4.69, 9.17) is 4.74 Å². The maximum atomic E-state index is 12.2. The smallest absolute Gasteiger partial charge is 0.315 e. The zero-order valence-corrected chi connectivity index (χ0v) is 15.5. The summed E-state index contributed by atoms with van der Waals surface area (Å²) in [6, 6.07) is 8.04. The van der Waals surface area contributed by atoms with Gasteiger partial charge in [0.1, 0.15) is 5.75 Å². The second kappa shape index (κ2) is 7.43. The predicted octanol–water partition coefficient (Wildman–Crippen LogP) is 2.85. The molecule has 0 unspecified atom stereocenters.